The summed E-state index contributed by atoms with van der Waals surface area (Å²) in [7, 11) is 0. The number of hydrogen-bond acceptors (Lipinski definition) is 3. The van der Waals surface area contributed by atoms with Crippen LogP contribution in [-0.2, 0) is 0 Å². The number of amides is 1. The van der Waals surface area contributed by atoms with Crippen molar-refractivity contribution in [1.29, 1.82) is 0 Å². The van der Waals surface area contributed by atoms with Gasteiger partial charge in [-0.05, 0) is 61.9 Å². The third-order valence-corrected chi connectivity index (χ3v) is 6.31. The summed E-state index contributed by atoms with van der Waals surface area (Å²) in [4.78, 5) is 14.3. The zero-order valence-corrected chi connectivity index (χ0v) is 17.7. The van der Waals surface area contributed by atoms with Crippen molar-refractivity contribution in [2.75, 3.05) is 5.32 Å². The highest BCUT2D eigenvalue weighted by Gasteiger charge is 2.17. The zero-order valence-electron chi connectivity index (χ0n) is 14.6. The summed E-state index contributed by atoms with van der Waals surface area (Å²) in [6, 6.07) is 15.3. The Morgan fingerprint density at radius 3 is 2.59 bits per heavy atom. The van der Waals surface area contributed by atoms with Gasteiger partial charge in [0.2, 0.25) is 0 Å². The third-order valence-electron chi connectivity index (χ3n) is 4.27. The minimum atomic E-state index is -0.155. The Morgan fingerprint density at radius 1 is 1.15 bits per heavy atom. The molecule has 2 heterocycles. The molecule has 0 unspecified atom stereocenters. The number of thiophene rings is 1. The first-order chi connectivity index (χ1) is 12.9. The van der Waals surface area contributed by atoms with E-state index in [1.54, 1.807) is 6.07 Å². The van der Waals surface area contributed by atoms with Gasteiger partial charge >= 0.3 is 0 Å². The van der Waals surface area contributed by atoms with Gasteiger partial charge in [-0.15, -0.1) is 11.3 Å². The number of carbonyl (C=O) groups excluding carboxylic acids is 1. The Kier molecular flexibility index (Phi) is 4.80. The van der Waals surface area contributed by atoms with E-state index in [-0.39, 0.29) is 5.91 Å². The molecule has 136 valence electrons. The van der Waals surface area contributed by atoms with Crippen molar-refractivity contribution in [3.8, 4) is 5.69 Å². The smallest absolute Gasteiger partial charge is 0.265 e. The normalized spacial score (nSPS) is 11.1. The van der Waals surface area contributed by atoms with Crippen LogP contribution in [0.5, 0.6) is 0 Å². The molecule has 0 bridgehead atoms. The van der Waals surface area contributed by atoms with E-state index in [0.29, 0.717) is 15.6 Å². The van der Waals surface area contributed by atoms with Crippen LogP contribution in [0.4, 0.5) is 5.69 Å². The second-order valence-electron chi connectivity index (χ2n) is 6.22. The molecule has 0 spiro atoms. The molecule has 0 aliphatic carbocycles. The van der Waals surface area contributed by atoms with E-state index in [1.165, 1.54) is 11.3 Å². The van der Waals surface area contributed by atoms with Gasteiger partial charge in [-0.1, -0.05) is 33.6 Å². The first-order valence-corrected chi connectivity index (χ1v) is 10.2. The van der Waals surface area contributed by atoms with Gasteiger partial charge in [-0.25, -0.2) is 4.68 Å². The van der Waals surface area contributed by atoms with E-state index in [2.05, 4.69) is 26.3 Å². The Morgan fingerprint density at radius 2 is 1.89 bits per heavy atom. The number of nitrogens with zero attached hydrogens (tertiary/aromatic N) is 2. The van der Waals surface area contributed by atoms with Crippen LogP contribution in [0.2, 0.25) is 5.02 Å². The third kappa shape index (κ3) is 3.52. The largest absolute Gasteiger partial charge is 0.321 e. The SMILES string of the molecule is Cc1ccc(NC(=O)c2cc3c(C)nn(-c4ccc(Br)cc4)c3s2)cc1Cl. The van der Waals surface area contributed by atoms with Gasteiger partial charge in [0.25, 0.3) is 5.91 Å². The van der Waals surface area contributed by atoms with E-state index in [0.717, 1.165) is 31.6 Å². The number of hydrogen-bond donors (Lipinski definition) is 1. The van der Waals surface area contributed by atoms with Crippen LogP contribution in [0, 0.1) is 13.8 Å². The van der Waals surface area contributed by atoms with E-state index < -0.39 is 0 Å². The lowest BCUT2D eigenvalue weighted by Gasteiger charge is -2.05. The topological polar surface area (TPSA) is 46.9 Å². The lowest BCUT2D eigenvalue weighted by Crippen LogP contribution is -2.10. The molecule has 0 saturated heterocycles. The predicted molar refractivity (Wildman–Crippen MR) is 116 cm³/mol. The zero-order chi connectivity index (χ0) is 19.1. The molecule has 2 aromatic carbocycles. The number of aryl methyl sites for hydroxylation is 2. The number of anilines is 1. The van der Waals surface area contributed by atoms with Crippen LogP contribution < -0.4 is 5.32 Å². The highest BCUT2D eigenvalue weighted by Crippen LogP contribution is 2.31. The second-order valence-corrected chi connectivity index (χ2v) is 8.57. The van der Waals surface area contributed by atoms with Crippen molar-refractivity contribution in [2.24, 2.45) is 0 Å². The molecule has 0 aliphatic rings. The Hall–Kier alpha value is -2.15. The molecular weight excluding hydrogens is 446 g/mol. The standard InChI is InChI=1S/C20H15BrClN3OS/c1-11-3-6-14(9-17(11)22)23-19(26)18-10-16-12(2)24-25(20(16)27-18)15-7-4-13(21)5-8-15/h3-10H,1-2H3,(H,23,26). The van der Waals surface area contributed by atoms with Crippen molar-refractivity contribution in [3.63, 3.8) is 0 Å². The molecule has 0 radical (unpaired) electrons. The van der Waals surface area contributed by atoms with Crippen LogP contribution >= 0.6 is 38.9 Å². The summed E-state index contributed by atoms with van der Waals surface area (Å²) < 4.78 is 2.88. The number of rotatable bonds is 3. The van der Waals surface area contributed by atoms with Gasteiger partial charge in [0.05, 0.1) is 16.3 Å². The Balaban J connectivity index is 1.68. The molecule has 4 nitrogen and oxygen atoms in total. The van der Waals surface area contributed by atoms with Gasteiger partial charge in [0.1, 0.15) is 4.83 Å². The fourth-order valence-electron chi connectivity index (χ4n) is 2.78. The summed E-state index contributed by atoms with van der Waals surface area (Å²) in [6.07, 6.45) is 0. The summed E-state index contributed by atoms with van der Waals surface area (Å²) >= 11 is 11.0. The number of fused-ring (bicyclic) bond motifs is 1. The van der Waals surface area contributed by atoms with Gasteiger partial charge in [0.15, 0.2) is 0 Å². The van der Waals surface area contributed by atoms with E-state index in [4.69, 9.17) is 11.6 Å². The van der Waals surface area contributed by atoms with Crippen LogP contribution in [0.1, 0.15) is 20.9 Å². The fraction of sp³-hybridized carbons (Fsp3) is 0.100. The van der Waals surface area contributed by atoms with Crippen molar-refractivity contribution in [1.82, 2.24) is 9.78 Å². The molecule has 4 rings (SSSR count). The molecule has 27 heavy (non-hydrogen) atoms. The fourth-order valence-corrected chi connectivity index (χ4v) is 4.30. The molecule has 4 aromatic rings. The first kappa shape index (κ1) is 18.2. The van der Waals surface area contributed by atoms with Gasteiger partial charge in [-0.3, -0.25) is 4.79 Å². The molecule has 0 saturated carbocycles. The van der Waals surface area contributed by atoms with Crippen molar-refractivity contribution >= 4 is 60.7 Å². The highest BCUT2D eigenvalue weighted by atomic mass is 79.9. The van der Waals surface area contributed by atoms with E-state index in [1.807, 2.05) is 61.0 Å². The number of aromatic nitrogens is 2. The quantitative estimate of drug-likeness (QED) is 0.386. The molecular formula is C20H15BrClN3OS. The lowest BCUT2D eigenvalue weighted by molar-refractivity contribution is 0.103. The number of benzene rings is 2. The number of halogens is 2. The van der Waals surface area contributed by atoms with E-state index in [9.17, 15) is 4.79 Å². The molecule has 7 heteroatoms. The molecule has 0 atom stereocenters. The number of nitrogens with one attached hydrogen (secondary N) is 1. The Bertz CT molecular complexity index is 1160. The van der Waals surface area contributed by atoms with Crippen molar-refractivity contribution in [3.05, 3.63) is 74.2 Å². The predicted octanol–water partition coefficient (Wildman–Crippen LogP) is 6.37. The second kappa shape index (κ2) is 7.11. The maximum absolute atomic E-state index is 12.7. The highest BCUT2D eigenvalue weighted by molar-refractivity contribution is 9.10. The summed E-state index contributed by atoms with van der Waals surface area (Å²) in [6.45, 7) is 3.88. The minimum Gasteiger partial charge on any atom is -0.321 e. The van der Waals surface area contributed by atoms with Crippen LogP contribution in [0.3, 0.4) is 0 Å². The minimum absolute atomic E-state index is 0.155. The molecule has 0 fully saturated rings. The molecule has 2 aromatic heterocycles. The average Bonchev–Trinajstić information content (AvgIpc) is 3.20. The van der Waals surface area contributed by atoms with Crippen molar-refractivity contribution in [2.45, 2.75) is 13.8 Å². The molecule has 1 amide bonds. The average molecular weight is 461 g/mol. The number of carbonyl (C=O) groups is 1. The maximum Gasteiger partial charge on any atom is 0.265 e. The lowest BCUT2D eigenvalue weighted by atomic mass is 10.2. The molecule has 0 aliphatic heterocycles. The van der Waals surface area contributed by atoms with Gasteiger partial charge in [0, 0.05) is 20.6 Å². The molecule has 1 N–H and O–H groups in total. The Labute approximate surface area is 173 Å². The first-order valence-electron chi connectivity index (χ1n) is 8.25. The van der Waals surface area contributed by atoms with Crippen LogP contribution in [0.25, 0.3) is 15.9 Å². The van der Waals surface area contributed by atoms with Gasteiger partial charge in [-0.2, -0.15) is 5.10 Å². The maximum atomic E-state index is 12.7. The summed E-state index contributed by atoms with van der Waals surface area (Å²) in [5.41, 5.74) is 3.50. The summed E-state index contributed by atoms with van der Waals surface area (Å²) in [5, 5.41) is 9.14. The monoisotopic (exact) mass is 459 g/mol. The van der Waals surface area contributed by atoms with Crippen LogP contribution in [-0.4, -0.2) is 15.7 Å². The summed E-state index contributed by atoms with van der Waals surface area (Å²) in [5.74, 6) is -0.155. The van der Waals surface area contributed by atoms with Crippen molar-refractivity contribution < 1.29 is 4.79 Å². The van der Waals surface area contributed by atoms with Crippen LogP contribution in [0.15, 0.2) is 53.0 Å². The van der Waals surface area contributed by atoms with Gasteiger partial charge < -0.3 is 5.32 Å². The van der Waals surface area contributed by atoms with E-state index >= 15 is 0 Å².